The third-order valence-electron chi connectivity index (χ3n) is 3.89. The molecule has 1 aromatic carbocycles. The number of nitro benzene ring substituents is 1. The molecule has 0 spiro atoms. The van der Waals surface area contributed by atoms with Crippen LogP contribution in [0, 0.1) is 16.0 Å². The number of amides is 1. The van der Waals surface area contributed by atoms with Crippen molar-refractivity contribution in [2.75, 3.05) is 19.6 Å². The monoisotopic (exact) mass is 371 g/mol. The largest absolute Gasteiger partial charge is 0.481 e. The van der Waals surface area contributed by atoms with Crippen LogP contribution in [0.1, 0.15) is 12.8 Å². The zero-order valence-corrected chi connectivity index (χ0v) is 13.9. The van der Waals surface area contributed by atoms with Crippen molar-refractivity contribution < 1.29 is 28.0 Å². The summed E-state index contributed by atoms with van der Waals surface area (Å²) in [6, 6.07) is 4.80. The van der Waals surface area contributed by atoms with Crippen molar-refractivity contribution in [3.8, 4) is 0 Å². The molecule has 0 aromatic heterocycles. The molecule has 1 aliphatic rings. The lowest BCUT2D eigenvalue weighted by molar-refractivity contribution is -0.387. The third-order valence-corrected chi connectivity index (χ3v) is 5.34. The lowest BCUT2D eigenvalue weighted by atomic mass is 9.98. The number of hydrogen-bond acceptors (Lipinski definition) is 6. The first-order valence-electron chi connectivity index (χ1n) is 7.46. The Hall–Kier alpha value is -2.53. The molecule has 25 heavy (non-hydrogen) atoms. The fourth-order valence-corrected chi connectivity index (χ4v) is 3.73. The van der Waals surface area contributed by atoms with Crippen LogP contribution in [0.15, 0.2) is 29.2 Å². The van der Waals surface area contributed by atoms with Crippen molar-refractivity contribution >= 4 is 27.6 Å². The maximum atomic E-state index is 12.2. The highest BCUT2D eigenvalue weighted by Gasteiger charge is 2.30. The van der Waals surface area contributed by atoms with Gasteiger partial charge >= 0.3 is 5.97 Å². The van der Waals surface area contributed by atoms with Crippen LogP contribution >= 0.6 is 0 Å². The number of hydrogen-bond donors (Lipinski definition) is 2. The molecule has 10 nitrogen and oxygen atoms in total. The molecule has 0 aliphatic carbocycles. The Morgan fingerprint density at radius 3 is 2.68 bits per heavy atom. The summed E-state index contributed by atoms with van der Waals surface area (Å²) < 4.78 is 26.5. The van der Waals surface area contributed by atoms with Crippen LogP contribution < -0.4 is 4.72 Å². The summed E-state index contributed by atoms with van der Waals surface area (Å²) in [7, 11) is -4.26. The van der Waals surface area contributed by atoms with Crippen LogP contribution in [0.25, 0.3) is 0 Å². The zero-order chi connectivity index (χ0) is 18.6. The number of piperidine rings is 1. The van der Waals surface area contributed by atoms with Gasteiger partial charge in [-0.3, -0.25) is 19.7 Å². The number of likely N-dealkylation sites (tertiary alicyclic amines) is 1. The molecule has 0 saturated carbocycles. The second kappa shape index (κ2) is 7.57. The first-order chi connectivity index (χ1) is 11.7. The standard InChI is InChI=1S/C14H17N3O7S/c18-13(16-7-3-4-10(9-16)14(19)20)8-15-25(23,24)12-6-2-1-5-11(12)17(21)22/h1-2,5-6,10,15H,3-4,7-9H2,(H,19,20). The molecule has 1 aromatic rings. The van der Waals surface area contributed by atoms with Crippen molar-refractivity contribution in [1.82, 2.24) is 9.62 Å². The summed E-state index contributed by atoms with van der Waals surface area (Å²) >= 11 is 0. The topological polar surface area (TPSA) is 147 Å². The Balaban J connectivity index is 2.06. The van der Waals surface area contributed by atoms with Crippen molar-refractivity contribution in [2.45, 2.75) is 17.7 Å². The molecule has 11 heteroatoms. The van der Waals surface area contributed by atoms with Gasteiger partial charge in [-0.15, -0.1) is 0 Å². The van der Waals surface area contributed by atoms with E-state index in [1.54, 1.807) is 0 Å². The van der Waals surface area contributed by atoms with Gasteiger partial charge in [0.05, 0.1) is 17.4 Å². The molecule has 2 N–H and O–H groups in total. The summed E-state index contributed by atoms with van der Waals surface area (Å²) in [5, 5.41) is 20.0. The number of nitro groups is 1. The summed E-state index contributed by atoms with van der Waals surface area (Å²) in [5.41, 5.74) is -0.591. The average Bonchev–Trinajstić information content (AvgIpc) is 2.59. The van der Waals surface area contributed by atoms with Crippen molar-refractivity contribution in [1.29, 1.82) is 0 Å². The summed E-state index contributed by atoms with van der Waals surface area (Å²) in [4.78, 5) is 34.0. The van der Waals surface area contributed by atoms with Crippen LogP contribution in [-0.4, -0.2) is 54.9 Å². The highest BCUT2D eigenvalue weighted by molar-refractivity contribution is 7.89. The number of carboxylic acid groups (broad SMARTS) is 1. The van der Waals surface area contributed by atoms with E-state index in [1.807, 2.05) is 4.72 Å². The second-order valence-corrected chi connectivity index (χ2v) is 7.30. The Morgan fingerprint density at radius 2 is 2.04 bits per heavy atom. The van der Waals surface area contributed by atoms with E-state index < -0.39 is 49.9 Å². The van der Waals surface area contributed by atoms with Crippen molar-refractivity contribution in [2.24, 2.45) is 5.92 Å². The Bertz CT molecular complexity index is 793. The number of benzene rings is 1. The number of aliphatic carboxylic acids is 1. The second-order valence-electron chi connectivity index (χ2n) is 5.57. The minimum absolute atomic E-state index is 0.0153. The Kier molecular flexibility index (Phi) is 5.69. The number of rotatable bonds is 6. The van der Waals surface area contributed by atoms with Gasteiger partial charge in [-0.1, -0.05) is 12.1 Å². The van der Waals surface area contributed by atoms with Gasteiger partial charge in [-0.2, -0.15) is 0 Å². The number of nitrogens with one attached hydrogen (secondary N) is 1. The molecule has 1 saturated heterocycles. The minimum atomic E-state index is -4.26. The molecule has 1 heterocycles. The number of sulfonamides is 1. The van der Waals surface area contributed by atoms with Gasteiger partial charge in [0.15, 0.2) is 4.90 Å². The smallest absolute Gasteiger partial charge is 0.308 e. The number of carbonyl (C=O) groups excluding carboxylic acids is 1. The summed E-state index contributed by atoms with van der Waals surface area (Å²) in [6.45, 7) is -0.238. The molecule has 1 amide bonds. The molecule has 1 atom stereocenters. The Morgan fingerprint density at radius 1 is 1.36 bits per heavy atom. The van der Waals surface area contributed by atoms with Gasteiger partial charge < -0.3 is 10.0 Å². The molecule has 2 rings (SSSR count). The van der Waals surface area contributed by atoms with E-state index in [-0.39, 0.29) is 6.54 Å². The van der Waals surface area contributed by atoms with E-state index in [9.17, 15) is 28.1 Å². The first-order valence-corrected chi connectivity index (χ1v) is 8.94. The maximum absolute atomic E-state index is 12.2. The van der Waals surface area contributed by atoms with Gasteiger partial charge in [0.2, 0.25) is 15.9 Å². The fourth-order valence-electron chi connectivity index (χ4n) is 2.59. The normalized spacial score (nSPS) is 17.9. The molecule has 1 aliphatic heterocycles. The van der Waals surface area contributed by atoms with E-state index in [0.29, 0.717) is 19.4 Å². The van der Waals surface area contributed by atoms with Crippen LogP contribution in [0.4, 0.5) is 5.69 Å². The van der Waals surface area contributed by atoms with Gasteiger partial charge in [0.25, 0.3) is 5.69 Å². The van der Waals surface area contributed by atoms with Gasteiger partial charge in [-0.05, 0) is 18.9 Å². The third kappa shape index (κ3) is 4.51. The molecule has 0 bridgehead atoms. The predicted molar refractivity (Wildman–Crippen MR) is 85.2 cm³/mol. The quantitative estimate of drug-likeness (QED) is 0.536. The summed E-state index contributed by atoms with van der Waals surface area (Å²) in [6.07, 6.45) is 0.973. The van der Waals surface area contributed by atoms with E-state index in [2.05, 4.69) is 0 Å². The van der Waals surface area contributed by atoms with Crippen LogP contribution in [0.5, 0.6) is 0 Å². The van der Waals surface area contributed by atoms with Gasteiger partial charge in [0.1, 0.15) is 0 Å². The number of carboxylic acids is 1. The summed E-state index contributed by atoms with van der Waals surface area (Å²) in [5.74, 6) is -2.25. The predicted octanol–water partition coefficient (Wildman–Crippen LogP) is 0.196. The molecule has 136 valence electrons. The lowest BCUT2D eigenvalue weighted by Gasteiger charge is -2.30. The highest BCUT2D eigenvalue weighted by atomic mass is 32.2. The first kappa shape index (κ1) is 18.8. The molecular weight excluding hydrogens is 354 g/mol. The van der Waals surface area contributed by atoms with E-state index >= 15 is 0 Å². The molecule has 1 fully saturated rings. The minimum Gasteiger partial charge on any atom is -0.481 e. The fraction of sp³-hybridized carbons (Fsp3) is 0.429. The van der Waals surface area contributed by atoms with Gasteiger partial charge in [-0.25, -0.2) is 13.1 Å². The molecular formula is C14H17N3O7S. The van der Waals surface area contributed by atoms with Crippen LogP contribution in [-0.2, 0) is 19.6 Å². The van der Waals surface area contributed by atoms with E-state index in [1.165, 1.54) is 17.0 Å². The van der Waals surface area contributed by atoms with E-state index in [4.69, 9.17) is 5.11 Å². The van der Waals surface area contributed by atoms with Crippen LogP contribution in [0.2, 0.25) is 0 Å². The van der Waals surface area contributed by atoms with Crippen LogP contribution in [0.3, 0.4) is 0 Å². The Labute approximate surface area is 143 Å². The lowest BCUT2D eigenvalue weighted by Crippen LogP contribution is -2.46. The van der Waals surface area contributed by atoms with E-state index in [0.717, 1.165) is 12.1 Å². The number of para-hydroxylation sites is 1. The maximum Gasteiger partial charge on any atom is 0.308 e. The molecule has 1 unspecified atom stereocenters. The van der Waals surface area contributed by atoms with Crippen molar-refractivity contribution in [3.63, 3.8) is 0 Å². The number of carbonyl (C=O) groups is 2. The van der Waals surface area contributed by atoms with Gasteiger partial charge in [0, 0.05) is 19.2 Å². The SMILES string of the molecule is O=C(O)C1CCCN(C(=O)CNS(=O)(=O)c2ccccc2[N+](=O)[O-])C1. The molecule has 0 radical (unpaired) electrons. The van der Waals surface area contributed by atoms with Crippen molar-refractivity contribution in [3.05, 3.63) is 34.4 Å². The average molecular weight is 371 g/mol. The highest BCUT2D eigenvalue weighted by Crippen LogP contribution is 2.22. The number of nitrogens with zero attached hydrogens (tertiary/aromatic N) is 2. The zero-order valence-electron chi connectivity index (χ0n) is 13.1.